The van der Waals surface area contributed by atoms with Crippen molar-refractivity contribution in [1.82, 2.24) is 10.2 Å². The number of carbonyl (C=O) groups is 1. The molecule has 1 N–H and O–H groups in total. The highest BCUT2D eigenvalue weighted by atomic mass is 16.2. The highest BCUT2D eigenvalue weighted by Crippen LogP contribution is 2.43. The van der Waals surface area contributed by atoms with Gasteiger partial charge in [0.15, 0.2) is 0 Å². The molecular formula is C18H26N2O. The van der Waals surface area contributed by atoms with Crippen LogP contribution in [0.3, 0.4) is 0 Å². The number of benzene rings is 1. The van der Waals surface area contributed by atoms with E-state index in [4.69, 9.17) is 0 Å². The number of rotatable bonds is 2. The maximum atomic E-state index is 13.4. The average Bonchev–Trinajstić information content (AvgIpc) is 3.01. The maximum absolute atomic E-state index is 13.4. The third kappa shape index (κ3) is 2.59. The van der Waals surface area contributed by atoms with Gasteiger partial charge < -0.3 is 10.2 Å². The third-order valence-corrected chi connectivity index (χ3v) is 5.22. The number of piperazine rings is 1. The van der Waals surface area contributed by atoms with E-state index in [-0.39, 0.29) is 11.5 Å². The molecule has 0 bridgehead atoms. The molecular weight excluding hydrogens is 260 g/mol. The molecule has 3 nitrogen and oxygen atoms in total. The Balaban J connectivity index is 1.92. The fourth-order valence-electron chi connectivity index (χ4n) is 3.94. The molecule has 3 rings (SSSR count). The number of carbonyl (C=O) groups excluding carboxylic acids is 1. The van der Waals surface area contributed by atoms with Gasteiger partial charge in [0.05, 0.1) is 5.41 Å². The van der Waals surface area contributed by atoms with Crippen molar-refractivity contribution in [2.75, 3.05) is 13.1 Å². The number of amides is 1. The molecule has 2 fully saturated rings. The molecule has 0 radical (unpaired) electrons. The lowest BCUT2D eigenvalue weighted by Crippen LogP contribution is -2.60. The second-order valence-electron chi connectivity index (χ2n) is 6.77. The van der Waals surface area contributed by atoms with Crippen molar-refractivity contribution in [2.24, 2.45) is 0 Å². The third-order valence-electron chi connectivity index (χ3n) is 5.22. The molecule has 1 saturated carbocycles. The minimum Gasteiger partial charge on any atom is -0.336 e. The molecule has 2 unspecified atom stereocenters. The van der Waals surface area contributed by atoms with Crippen LogP contribution >= 0.6 is 0 Å². The van der Waals surface area contributed by atoms with Crippen molar-refractivity contribution in [3.8, 4) is 0 Å². The quantitative estimate of drug-likeness (QED) is 0.906. The molecule has 0 aromatic heterocycles. The average molecular weight is 286 g/mol. The van der Waals surface area contributed by atoms with E-state index in [1.807, 2.05) is 6.07 Å². The van der Waals surface area contributed by atoms with Gasteiger partial charge in [0.1, 0.15) is 0 Å². The fourth-order valence-corrected chi connectivity index (χ4v) is 3.94. The standard InChI is InChI=1S/C18H26N2O/c1-14-13-20(15(2)12-19-14)17(21)18(10-6-7-11-18)16-8-4-3-5-9-16/h3-5,8-9,14-15,19H,6-7,10-13H2,1-2H3. The Morgan fingerprint density at radius 3 is 2.52 bits per heavy atom. The van der Waals surface area contributed by atoms with Crippen molar-refractivity contribution in [1.29, 1.82) is 0 Å². The zero-order chi connectivity index (χ0) is 14.9. The Labute approximate surface area is 127 Å². The maximum Gasteiger partial charge on any atom is 0.233 e. The Morgan fingerprint density at radius 2 is 1.86 bits per heavy atom. The summed E-state index contributed by atoms with van der Waals surface area (Å²) in [5.41, 5.74) is 0.943. The summed E-state index contributed by atoms with van der Waals surface area (Å²) in [6.07, 6.45) is 4.33. The normalized spacial score (nSPS) is 28.6. The zero-order valence-corrected chi connectivity index (χ0v) is 13.1. The van der Waals surface area contributed by atoms with Gasteiger partial charge in [-0.25, -0.2) is 0 Å². The van der Waals surface area contributed by atoms with Crippen LogP contribution in [0.4, 0.5) is 0 Å². The Bertz CT molecular complexity index is 493. The van der Waals surface area contributed by atoms with Crippen LogP contribution in [0.15, 0.2) is 30.3 Å². The SMILES string of the molecule is CC1CN(C(=O)C2(c3ccccc3)CCCC2)C(C)CN1. The van der Waals surface area contributed by atoms with Crippen LogP contribution in [0, 0.1) is 0 Å². The first-order valence-corrected chi connectivity index (χ1v) is 8.23. The fraction of sp³-hybridized carbons (Fsp3) is 0.611. The molecule has 0 spiro atoms. The van der Waals surface area contributed by atoms with Crippen LogP contribution in [-0.4, -0.2) is 36.0 Å². The summed E-state index contributed by atoms with van der Waals surface area (Å²) >= 11 is 0. The van der Waals surface area contributed by atoms with Gasteiger partial charge in [0.2, 0.25) is 5.91 Å². The second-order valence-corrected chi connectivity index (χ2v) is 6.77. The van der Waals surface area contributed by atoms with E-state index >= 15 is 0 Å². The van der Waals surface area contributed by atoms with E-state index in [1.165, 1.54) is 5.56 Å². The molecule has 1 aromatic rings. The topological polar surface area (TPSA) is 32.3 Å². The Morgan fingerprint density at radius 1 is 1.19 bits per heavy atom. The van der Waals surface area contributed by atoms with Gasteiger partial charge in [0.25, 0.3) is 0 Å². The van der Waals surface area contributed by atoms with Crippen LogP contribution < -0.4 is 5.32 Å². The van der Waals surface area contributed by atoms with Crippen molar-refractivity contribution in [3.63, 3.8) is 0 Å². The summed E-state index contributed by atoms with van der Waals surface area (Å²) in [7, 11) is 0. The lowest BCUT2D eigenvalue weighted by molar-refractivity contribution is -0.141. The molecule has 1 amide bonds. The summed E-state index contributed by atoms with van der Waals surface area (Å²) in [6.45, 7) is 6.05. The van der Waals surface area contributed by atoms with Gasteiger partial charge in [-0.1, -0.05) is 43.2 Å². The van der Waals surface area contributed by atoms with E-state index < -0.39 is 0 Å². The molecule has 1 aliphatic heterocycles. The molecule has 1 aromatic carbocycles. The number of nitrogens with one attached hydrogen (secondary N) is 1. The van der Waals surface area contributed by atoms with Gasteiger partial charge in [-0.15, -0.1) is 0 Å². The molecule has 1 heterocycles. The monoisotopic (exact) mass is 286 g/mol. The summed E-state index contributed by atoms with van der Waals surface area (Å²) in [5.74, 6) is 0.354. The van der Waals surface area contributed by atoms with E-state index in [1.54, 1.807) is 0 Å². The summed E-state index contributed by atoms with van der Waals surface area (Å²) in [4.78, 5) is 15.5. The van der Waals surface area contributed by atoms with Crippen LogP contribution in [0.25, 0.3) is 0 Å². The number of nitrogens with zero attached hydrogens (tertiary/aromatic N) is 1. The van der Waals surface area contributed by atoms with Gasteiger partial charge >= 0.3 is 0 Å². The zero-order valence-electron chi connectivity index (χ0n) is 13.1. The van der Waals surface area contributed by atoms with Crippen LogP contribution in [0.1, 0.15) is 45.1 Å². The molecule has 114 valence electrons. The van der Waals surface area contributed by atoms with Crippen molar-refractivity contribution >= 4 is 5.91 Å². The van der Waals surface area contributed by atoms with Gasteiger partial charge in [-0.3, -0.25) is 4.79 Å². The summed E-state index contributed by atoms with van der Waals surface area (Å²) < 4.78 is 0. The van der Waals surface area contributed by atoms with Crippen molar-refractivity contribution in [3.05, 3.63) is 35.9 Å². The minimum atomic E-state index is -0.271. The molecule has 2 atom stereocenters. The van der Waals surface area contributed by atoms with E-state index in [9.17, 15) is 4.79 Å². The highest BCUT2D eigenvalue weighted by Gasteiger charge is 2.46. The van der Waals surface area contributed by atoms with E-state index in [0.717, 1.165) is 38.8 Å². The lowest BCUT2D eigenvalue weighted by Gasteiger charge is -2.42. The predicted octanol–water partition coefficient (Wildman–Crippen LogP) is 2.71. The van der Waals surface area contributed by atoms with Gasteiger partial charge in [-0.05, 0) is 32.3 Å². The second kappa shape index (κ2) is 5.80. The van der Waals surface area contributed by atoms with E-state index in [2.05, 4.69) is 48.3 Å². The minimum absolute atomic E-state index is 0.271. The van der Waals surface area contributed by atoms with Crippen molar-refractivity contribution in [2.45, 2.75) is 57.0 Å². The first kappa shape index (κ1) is 14.6. The Hall–Kier alpha value is -1.35. The first-order chi connectivity index (χ1) is 10.1. The summed E-state index contributed by atoms with van der Waals surface area (Å²) in [5, 5.41) is 3.47. The number of hydrogen-bond acceptors (Lipinski definition) is 2. The van der Waals surface area contributed by atoms with E-state index in [0.29, 0.717) is 11.9 Å². The highest BCUT2D eigenvalue weighted by molar-refractivity contribution is 5.89. The first-order valence-electron chi connectivity index (χ1n) is 8.23. The summed E-state index contributed by atoms with van der Waals surface area (Å²) in [6, 6.07) is 11.1. The Kier molecular flexibility index (Phi) is 4.03. The van der Waals surface area contributed by atoms with Crippen LogP contribution in [0.5, 0.6) is 0 Å². The molecule has 1 saturated heterocycles. The molecule has 21 heavy (non-hydrogen) atoms. The lowest BCUT2D eigenvalue weighted by atomic mass is 9.77. The van der Waals surface area contributed by atoms with Crippen molar-refractivity contribution < 1.29 is 4.79 Å². The van der Waals surface area contributed by atoms with Crippen LogP contribution in [-0.2, 0) is 10.2 Å². The molecule has 2 aliphatic rings. The van der Waals surface area contributed by atoms with Gasteiger partial charge in [-0.2, -0.15) is 0 Å². The van der Waals surface area contributed by atoms with Gasteiger partial charge in [0, 0.05) is 25.2 Å². The number of hydrogen-bond donors (Lipinski definition) is 1. The predicted molar refractivity (Wildman–Crippen MR) is 85.2 cm³/mol. The molecule has 1 aliphatic carbocycles. The molecule has 3 heteroatoms. The largest absolute Gasteiger partial charge is 0.336 e. The van der Waals surface area contributed by atoms with Crippen LogP contribution in [0.2, 0.25) is 0 Å². The smallest absolute Gasteiger partial charge is 0.233 e.